The van der Waals surface area contributed by atoms with Gasteiger partial charge in [0.1, 0.15) is 48.9 Å². The normalized spacial score (nSPS) is 18.6. The van der Waals surface area contributed by atoms with Crippen molar-refractivity contribution >= 4 is 82.9 Å². The van der Waals surface area contributed by atoms with Gasteiger partial charge in [-0.15, -0.1) is 0 Å². The maximum atomic E-state index is 14.7. The van der Waals surface area contributed by atoms with E-state index in [1.807, 2.05) is 0 Å². The van der Waals surface area contributed by atoms with Crippen LogP contribution in [0.5, 0.6) is 0 Å². The maximum Gasteiger partial charge on any atom is 0.246 e. The number of ether oxygens (including phenoxy) is 2. The molecular weight excluding hydrogens is 1190 g/mol. The third-order valence-corrected chi connectivity index (χ3v) is 14.0. The molecule has 0 spiro atoms. The number of nitrogens with two attached hydrogens (primary N) is 10. The number of nitrogens with zero attached hydrogens (tertiary/aromatic N) is 4. The van der Waals surface area contributed by atoms with Crippen molar-refractivity contribution in [2.24, 2.45) is 77.3 Å². The Hall–Kier alpha value is -8.34. The number of carbonyl (C=O) groups excluding carboxylic acids is 10. The van der Waals surface area contributed by atoms with Crippen molar-refractivity contribution in [1.29, 1.82) is 0 Å². The van der Waals surface area contributed by atoms with Crippen LogP contribution in [-0.2, 0) is 57.4 Å². The molecule has 1 saturated heterocycles. The number of hydrogen-bond acceptors (Lipinski definition) is 17. The van der Waals surface area contributed by atoms with Crippen molar-refractivity contribution in [2.45, 2.75) is 197 Å². The Labute approximate surface area is 533 Å². The molecule has 0 bridgehead atoms. The van der Waals surface area contributed by atoms with Crippen molar-refractivity contribution in [2.75, 3.05) is 72.2 Å². The largest absolute Gasteiger partial charge is 0.377 e. The first-order valence-corrected chi connectivity index (χ1v) is 31.5. The van der Waals surface area contributed by atoms with Crippen LogP contribution in [0.3, 0.4) is 0 Å². The molecule has 1 aliphatic heterocycles. The van der Waals surface area contributed by atoms with E-state index in [0.29, 0.717) is 32.2 Å². The minimum Gasteiger partial charge on any atom is -0.377 e. The molecule has 1 heterocycles. The highest BCUT2D eigenvalue weighted by molar-refractivity contribution is 5.98. The first-order valence-electron chi connectivity index (χ1n) is 31.5. The molecule has 1 unspecified atom stereocenters. The third kappa shape index (κ3) is 40.8. The van der Waals surface area contributed by atoms with Crippen LogP contribution in [0.15, 0.2) is 20.0 Å². The molecule has 0 aliphatic carbocycles. The van der Waals surface area contributed by atoms with Crippen LogP contribution in [0.1, 0.15) is 155 Å². The summed E-state index contributed by atoms with van der Waals surface area (Å²) in [7, 11) is 0. The molecule has 10 amide bonds. The molecule has 0 radical (unpaired) electrons. The van der Waals surface area contributed by atoms with Gasteiger partial charge < -0.3 is 115 Å². The molecule has 7 atom stereocenters. The summed E-state index contributed by atoms with van der Waals surface area (Å²) in [6.07, 6.45) is 8.24. The molecule has 1 rings (SSSR count). The lowest BCUT2D eigenvalue weighted by Gasteiger charge is -2.29. The van der Waals surface area contributed by atoms with E-state index in [2.05, 4.69) is 74.7 Å². The van der Waals surface area contributed by atoms with E-state index in [4.69, 9.17) is 66.8 Å². The Kier molecular flexibility index (Phi) is 43.8. The summed E-state index contributed by atoms with van der Waals surface area (Å²) in [5.41, 5.74) is 55.5. The van der Waals surface area contributed by atoms with Crippen LogP contribution in [0, 0.1) is 0 Å². The molecule has 0 aromatic heterocycles. The predicted octanol–water partition coefficient (Wildman–Crippen LogP) is -5.81. The van der Waals surface area contributed by atoms with E-state index < -0.39 is 95.5 Å². The number of guanidine groups is 4. The minimum absolute atomic E-state index is 0.000583. The second kappa shape index (κ2) is 49.4. The summed E-state index contributed by atoms with van der Waals surface area (Å²) >= 11 is 0. The van der Waals surface area contributed by atoms with Gasteiger partial charge in [-0.25, -0.2) is 0 Å². The summed E-state index contributed by atoms with van der Waals surface area (Å²) in [6, 6.07) is -9.54. The SMILES string of the molecule is CCCCCCCCCC(=O)NCCC[C@@H]1NC(=O)[C@H](CCC(=O)NCCOCCOCC(=O)NC(CCCCN)C(N)=O)NC(=O)[C@H](CCCN=C(N)N)NC(=O)[C@H](CCCN=C(N)N)NC(=O)[C@H](CCCN=C(N)N)NC(=O)[C@H](CCCN=C(N)N)NC1=O. The Morgan fingerprint density at radius 3 is 1.18 bits per heavy atom. The topological polar surface area (TPSA) is 607 Å². The van der Waals surface area contributed by atoms with Crippen LogP contribution in [0.2, 0.25) is 0 Å². The molecule has 35 heteroatoms. The van der Waals surface area contributed by atoms with Gasteiger partial charge in [0.25, 0.3) is 0 Å². The number of nitrogens with one attached hydrogen (secondary N) is 9. The second-order valence-electron chi connectivity index (χ2n) is 21.9. The van der Waals surface area contributed by atoms with Gasteiger partial charge in [0.2, 0.25) is 59.1 Å². The van der Waals surface area contributed by atoms with E-state index in [-0.39, 0.29) is 179 Å². The minimum atomic E-state index is -1.57. The number of unbranched alkanes of at least 4 members (excludes halogenated alkanes) is 7. The first-order chi connectivity index (χ1) is 43.5. The van der Waals surface area contributed by atoms with Crippen LogP contribution < -0.4 is 105 Å². The van der Waals surface area contributed by atoms with Gasteiger partial charge in [-0.1, -0.05) is 45.4 Å². The van der Waals surface area contributed by atoms with Crippen LogP contribution in [0.25, 0.3) is 0 Å². The highest BCUT2D eigenvalue weighted by Gasteiger charge is 2.35. The number of primary amides is 1. The van der Waals surface area contributed by atoms with Gasteiger partial charge in [0.05, 0.1) is 19.8 Å². The highest BCUT2D eigenvalue weighted by atomic mass is 16.5. The van der Waals surface area contributed by atoms with E-state index >= 15 is 0 Å². The Bertz CT molecular complexity index is 2350. The zero-order chi connectivity index (χ0) is 67.8. The Morgan fingerprint density at radius 2 is 0.780 bits per heavy atom. The number of rotatable bonds is 45. The fraction of sp³-hybridized carbons (Fsp3) is 0.750. The molecule has 0 aromatic carbocycles. The average Bonchev–Trinajstić information content (AvgIpc) is 1.53. The van der Waals surface area contributed by atoms with E-state index in [0.717, 1.165) is 38.5 Å². The lowest BCUT2D eigenvalue weighted by molar-refractivity contribution is -0.137. The second-order valence-corrected chi connectivity index (χ2v) is 21.9. The molecule has 1 fully saturated rings. The van der Waals surface area contributed by atoms with Crippen molar-refractivity contribution in [1.82, 2.24) is 47.9 Å². The lowest BCUT2D eigenvalue weighted by atomic mass is 10.0. The quantitative estimate of drug-likeness (QED) is 0.0153. The molecule has 35 nitrogen and oxygen atoms in total. The van der Waals surface area contributed by atoms with E-state index in [9.17, 15) is 47.9 Å². The lowest BCUT2D eigenvalue weighted by Crippen LogP contribution is -2.61. The van der Waals surface area contributed by atoms with Gasteiger partial charge in [0.15, 0.2) is 23.8 Å². The van der Waals surface area contributed by atoms with Crippen molar-refractivity contribution < 1.29 is 57.4 Å². The summed E-state index contributed by atoms with van der Waals surface area (Å²) < 4.78 is 10.9. The van der Waals surface area contributed by atoms with Crippen molar-refractivity contribution in [3.8, 4) is 0 Å². The van der Waals surface area contributed by atoms with Crippen molar-refractivity contribution in [3.05, 3.63) is 0 Å². The van der Waals surface area contributed by atoms with E-state index in [1.54, 1.807) is 0 Å². The Morgan fingerprint density at radius 1 is 0.418 bits per heavy atom. The number of carbonyl (C=O) groups is 10. The molecule has 29 N–H and O–H groups in total. The van der Waals surface area contributed by atoms with Gasteiger partial charge >= 0.3 is 0 Å². The smallest absolute Gasteiger partial charge is 0.246 e. The van der Waals surface area contributed by atoms with Gasteiger partial charge in [-0.05, 0) is 103 Å². The van der Waals surface area contributed by atoms with Crippen molar-refractivity contribution in [3.63, 3.8) is 0 Å². The maximum absolute atomic E-state index is 14.7. The zero-order valence-electron chi connectivity index (χ0n) is 53.0. The third-order valence-electron chi connectivity index (χ3n) is 14.0. The van der Waals surface area contributed by atoms with E-state index in [1.165, 1.54) is 0 Å². The molecule has 91 heavy (non-hydrogen) atoms. The molecule has 1 aliphatic rings. The molecule has 0 saturated carbocycles. The van der Waals surface area contributed by atoms with Gasteiger partial charge in [-0.2, -0.15) is 0 Å². The summed E-state index contributed by atoms with van der Waals surface area (Å²) in [4.78, 5) is 154. The molecule has 0 aromatic rings. The van der Waals surface area contributed by atoms with Gasteiger partial charge in [0, 0.05) is 52.1 Å². The number of hydrogen-bond donors (Lipinski definition) is 19. The fourth-order valence-electron chi connectivity index (χ4n) is 9.15. The number of aliphatic imine (C=N–C) groups is 4. The number of amides is 10. The predicted molar refractivity (Wildman–Crippen MR) is 344 cm³/mol. The zero-order valence-corrected chi connectivity index (χ0v) is 53.0. The summed E-state index contributed by atoms with van der Waals surface area (Å²) in [5, 5.41) is 24.2. The first kappa shape index (κ1) is 80.7. The standard InChI is InChI=1S/C56H107N23O12/c1-2-3-4-5-6-7-8-22-43(80)67-26-11-17-37-47(84)74-38(18-12-27-69-53(59)60)48(85)75-39(19-13-28-70-54(61)62)49(86)76-40(20-14-29-71-55(63)64)50(87)77-41(21-15-30-72-56(65)66)51(88)79-42(52(89)78-37)23-24-44(81)68-31-32-90-33-34-91-35-45(82)73-36(46(58)83)16-9-10-25-57/h36-42H,2-35,57H2,1H3,(H2,58,83)(H,67,80)(H,68,81)(H,73,82)(H,74,84)(H,75,85)(H,76,86)(H,77,87)(H,78,89)(H,79,88)(H4,59,60,69)(H4,61,62,70)(H4,63,64,71)(H4,65,66,72)/t36?,37-,38-,39-,40-,41-,42-/m0/s1. The van der Waals surface area contributed by atoms with Crippen LogP contribution >= 0.6 is 0 Å². The highest BCUT2D eigenvalue weighted by Crippen LogP contribution is 2.13. The monoisotopic (exact) mass is 1290 g/mol. The fourth-order valence-corrected chi connectivity index (χ4v) is 9.15. The summed E-state index contributed by atoms with van der Waals surface area (Å²) in [6.45, 7) is 2.34. The van der Waals surface area contributed by atoms with Gasteiger partial charge in [-0.3, -0.25) is 67.9 Å². The molecule has 518 valence electrons. The average molecular weight is 1290 g/mol. The summed E-state index contributed by atoms with van der Waals surface area (Å²) in [5.74, 6) is -8.25. The Balaban J connectivity index is 3.76. The van der Waals surface area contributed by atoms with Crippen LogP contribution in [0.4, 0.5) is 0 Å². The van der Waals surface area contributed by atoms with Crippen LogP contribution in [-0.4, -0.2) is 197 Å². The molecular formula is C56H107N23O12.